The van der Waals surface area contributed by atoms with Crippen LogP contribution in [0.25, 0.3) is 0 Å². The Labute approximate surface area is 125 Å². The van der Waals surface area contributed by atoms with Crippen LogP contribution in [0.3, 0.4) is 0 Å². The van der Waals surface area contributed by atoms with Gasteiger partial charge in [-0.2, -0.15) is 0 Å². The molecule has 21 heavy (non-hydrogen) atoms. The van der Waals surface area contributed by atoms with Crippen molar-refractivity contribution in [1.29, 1.82) is 0 Å². The van der Waals surface area contributed by atoms with E-state index in [9.17, 15) is 9.18 Å². The fraction of sp³-hybridized carbons (Fsp3) is 0.625. The molecule has 1 aromatic rings. The Morgan fingerprint density at radius 3 is 2.95 bits per heavy atom. The van der Waals surface area contributed by atoms with Crippen molar-refractivity contribution >= 4 is 11.7 Å². The van der Waals surface area contributed by atoms with Crippen LogP contribution in [-0.2, 0) is 0 Å². The topological polar surface area (TPSA) is 45.2 Å². The Bertz CT molecular complexity index is 492. The number of pyridine rings is 1. The highest BCUT2D eigenvalue weighted by molar-refractivity contribution is 5.98. The molecule has 1 saturated heterocycles. The molecule has 0 radical (unpaired) electrons. The second kappa shape index (κ2) is 7.38. The summed E-state index contributed by atoms with van der Waals surface area (Å²) in [5.74, 6) is 0.581. The summed E-state index contributed by atoms with van der Waals surface area (Å²) in [6, 6.07) is 1.29. The van der Waals surface area contributed by atoms with E-state index in [1.807, 2.05) is 11.8 Å². The number of anilines is 1. The Morgan fingerprint density at radius 2 is 2.24 bits per heavy atom. The third kappa shape index (κ3) is 3.93. The fourth-order valence-electron chi connectivity index (χ4n) is 2.86. The van der Waals surface area contributed by atoms with Crippen molar-refractivity contribution in [3.8, 4) is 0 Å². The van der Waals surface area contributed by atoms with Crippen LogP contribution in [0.4, 0.5) is 10.2 Å². The van der Waals surface area contributed by atoms with E-state index in [4.69, 9.17) is 0 Å². The number of nitrogens with zero attached hydrogens (tertiary/aromatic N) is 2. The summed E-state index contributed by atoms with van der Waals surface area (Å²) >= 11 is 0. The summed E-state index contributed by atoms with van der Waals surface area (Å²) in [4.78, 5) is 18.5. The van der Waals surface area contributed by atoms with Gasteiger partial charge in [0.05, 0.1) is 11.8 Å². The Hall–Kier alpha value is -1.65. The number of halogens is 1. The minimum atomic E-state index is -0.471. The fourth-order valence-corrected chi connectivity index (χ4v) is 2.86. The molecule has 1 aromatic heterocycles. The molecule has 5 heteroatoms. The lowest BCUT2D eigenvalue weighted by Crippen LogP contribution is -2.32. The molecular formula is C16H24FN3O. The van der Waals surface area contributed by atoms with Gasteiger partial charge in [-0.25, -0.2) is 9.37 Å². The Kier molecular flexibility index (Phi) is 5.53. The second-order valence-electron chi connectivity index (χ2n) is 5.58. The van der Waals surface area contributed by atoms with E-state index in [0.29, 0.717) is 23.8 Å². The van der Waals surface area contributed by atoms with E-state index >= 15 is 0 Å². The summed E-state index contributed by atoms with van der Waals surface area (Å²) in [6.45, 7) is 6.27. The molecule has 0 spiro atoms. The van der Waals surface area contributed by atoms with Gasteiger partial charge in [0.15, 0.2) is 0 Å². The van der Waals surface area contributed by atoms with Crippen LogP contribution in [-0.4, -0.2) is 35.4 Å². The van der Waals surface area contributed by atoms with E-state index in [1.165, 1.54) is 12.5 Å². The van der Waals surface area contributed by atoms with E-state index < -0.39 is 5.82 Å². The normalized spacial score (nSPS) is 19.2. The van der Waals surface area contributed by atoms with Crippen molar-refractivity contribution in [2.24, 2.45) is 5.92 Å². The molecule has 0 saturated carbocycles. The monoisotopic (exact) mass is 293 g/mol. The van der Waals surface area contributed by atoms with Crippen molar-refractivity contribution in [2.75, 3.05) is 25.0 Å². The molecule has 0 bridgehead atoms. The average molecular weight is 293 g/mol. The number of likely N-dealkylation sites (tertiary alicyclic amines) is 1. The molecule has 1 unspecified atom stereocenters. The van der Waals surface area contributed by atoms with Crippen molar-refractivity contribution in [2.45, 2.75) is 39.5 Å². The SMILES string of the molecule is CCNc1ncc(F)cc1C(=O)N1CCCC(CC)CC1. The van der Waals surface area contributed by atoms with E-state index in [2.05, 4.69) is 17.2 Å². The van der Waals surface area contributed by atoms with Gasteiger partial charge in [0, 0.05) is 19.6 Å². The number of nitrogens with one attached hydrogen (secondary N) is 1. The van der Waals surface area contributed by atoms with Crippen molar-refractivity contribution in [3.63, 3.8) is 0 Å². The zero-order valence-electron chi connectivity index (χ0n) is 12.9. The molecule has 1 atom stereocenters. The van der Waals surface area contributed by atoms with Crippen LogP contribution in [0.1, 0.15) is 49.9 Å². The smallest absolute Gasteiger partial charge is 0.257 e. The summed E-state index contributed by atoms with van der Waals surface area (Å²) < 4.78 is 13.5. The van der Waals surface area contributed by atoms with Gasteiger partial charge in [-0.05, 0) is 38.2 Å². The van der Waals surface area contributed by atoms with Gasteiger partial charge in [-0.15, -0.1) is 0 Å². The molecule has 2 heterocycles. The molecule has 1 N–H and O–H groups in total. The zero-order chi connectivity index (χ0) is 15.2. The highest BCUT2D eigenvalue weighted by Gasteiger charge is 2.23. The quantitative estimate of drug-likeness (QED) is 0.926. The summed E-state index contributed by atoms with van der Waals surface area (Å²) in [5.41, 5.74) is 0.340. The number of carbonyl (C=O) groups is 1. The van der Waals surface area contributed by atoms with Gasteiger partial charge in [0.2, 0.25) is 0 Å². The number of carbonyl (C=O) groups excluding carboxylic acids is 1. The molecule has 1 fully saturated rings. The van der Waals surface area contributed by atoms with Gasteiger partial charge in [0.1, 0.15) is 11.6 Å². The molecule has 1 aliphatic heterocycles. The lowest BCUT2D eigenvalue weighted by Gasteiger charge is -2.22. The van der Waals surface area contributed by atoms with Gasteiger partial charge in [0.25, 0.3) is 5.91 Å². The molecule has 1 amide bonds. The van der Waals surface area contributed by atoms with E-state index in [1.54, 1.807) is 0 Å². The predicted octanol–water partition coefficient (Wildman–Crippen LogP) is 3.30. The summed E-state index contributed by atoms with van der Waals surface area (Å²) in [5, 5.41) is 3.03. The standard InChI is InChI=1S/C16H24FN3O/c1-3-12-6-5-8-20(9-7-12)16(21)14-10-13(17)11-19-15(14)18-4-2/h10-12H,3-9H2,1-2H3,(H,18,19). The largest absolute Gasteiger partial charge is 0.370 e. The van der Waals surface area contributed by atoms with Crippen molar-refractivity contribution < 1.29 is 9.18 Å². The minimum Gasteiger partial charge on any atom is -0.370 e. The maximum Gasteiger partial charge on any atom is 0.257 e. The van der Waals surface area contributed by atoms with E-state index in [-0.39, 0.29) is 5.91 Å². The van der Waals surface area contributed by atoms with Crippen LogP contribution in [0, 0.1) is 11.7 Å². The van der Waals surface area contributed by atoms with Gasteiger partial charge in [-0.1, -0.05) is 13.3 Å². The lowest BCUT2D eigenvalue weighted by molar-refractivity contribution is 0.0760. The number of amides is 1. The predicted molar refractivity (Wildman–Crippen MR) is 81.9 cm³/mol. The first-order valence-electron chi connectivity index (χ1n) is 7.84. The molecule has 0 aliphatic carbocycles. The first kappa shape index (κ1) is 15.7. The number of hydrogen-bond acceptors (Lipinski definition) is 3. The number of aromatic nitrogens is 1. The Morgan fingerprint density at radius 1 is 1.43 bits per heavy atom. The van der Waals surface area contributed by atoms with Crippen LogP contribution in [0.5, 0.6) is 0 Å². The summed E-state index contributed by atoms with van der Waals surface area (Å²) in [6.07, 6.45) is 5.52. The Balaban J connectivity index is 2.17. The molecular weight excluding hydrogens is 269 g/mol. The lowest BCUT2D eigenvalue weighted by atomic mass is 9.98. The third-order valence-electron chi connectivity index (χ3n) is 4.14. The molecule has 116 valence electrons. The summed E-state index contributed by atoms with van der Waals surface area (Å²) in [7, 11) is 0. The maximum atomic E-state index is 13.5. The molecule has 0 aromatic carbocycles. The van der Waals surface area contributed by atoms with Crippen LogP contribution in [0.2, 0.25) is 0 Å². The van der Waals surface area contributed by atoms with Crippen LogP contribution >= 0.6 is 0 Å². The highest BCUT2D eigenvalue weighted by Crippen LogP contribution is 2.23. The van der Waals surface area contributed by atoms with Gasteiger partial charge < -0.3 is 10.2 Å². The van der Waals surface area contributed by atoms with E-state index in [0.717, 1.165) is 38.5 Å². The number of rotatable bonds is 4. The minimum absolute atomic E-state index is 0.116. The molecule has 2 rings (SSSR count). The van der Waals surface area contributed by atoms with Gasteiger partial charge in [-0.3, -0.25) is 4.79 Å². The highest BCUT2D eigenvalue weighted by atomic mass is 19.1. The van der Waals surface area contributed by atoms with Crippen LogP contribution in [0.15, 0.2) is 12.3 Å². The first-order chi connectivity index (χ1) is 10.2. The van der Waals surface area contributed by atoms with Crippen molar-refractivity contribution in [1.82, 2.24) is 9.88 Å². The van der Waals surface area contributed by atoms with Crippen molar-refractivity contribution in [3.05, 3.63) is 23.6 Å². The first-order valence-corrected chi connectivity index (χ1v) is 7.84. The van der Waals surface area contributed by atoms with Crippen LogP contribution < -0.4 is 5.32 Å². The second-order valence-corrected chi connectivity index (χ2v) is 5.58. The number of hydrogen-bond donors (Lipinski definition) is 1. The average Bonchev–Trinajstić information content (AvgIpc) is 2.74. The third-order valence-corrected chi connectivity index (χ3v) is 4.14. The van der Waals surface area contributed by atoms with Gasteiger partial charge >= 0.3 is 0 Å². The zero-order valence-corrected chi connectivity index (χ0v) is 12.9. The maximum absolute atomic E-state index is 13.5. The molecule has 4 nitrogen and oxygen atoms in total. The molecule has 1 aliphatic rings.